The van der Waals surface area contributed by atoms with E-state index in [2.05, 4.69) is 22.0 Å². The highest BCUT2D eigenvalue weighted by Crippen LogP contribution is 2.28. The summed E-state index contributed by atoms with van der Waals surface area (Å²) in [6.45, 7) is 9.68. The number of nitrogens with zero attached hydrogens (tertiary/aromatic N) is 3. The summed E-state index contributed by atoms with van der Waals surface area (Å²) in [5, 5.41) is 18.3. The number of aryl methyl sites for hydroxylation is 1. The molecule has 0 radical (unpaired) electrons. The molecule has 2 heterocycles. The van der Waals surface area contributed by atoms with E-state index < -0.39 is 0 Å². The fourth-order valence-electron chi connectivity index (χ4n) is 4.15. The molecule has 2 amide bonds. The maximum Gasteiger partial charge on any atom is 0.304 e. The van der Waals surface area contributed by atoms with Crippen LogP contribution in [-0.2, 0) is 5.41 Å². The molecule has 186 valence electrons. The van der Waals surface area contributed by atoms with Crippen molar-refractivity contribution in [2.24, 2.45) is 0 Å². The number of nitrogens with one attached hydrogen (secondary N) is 2. The molecular formula is C28H31N5O3. The van der Waals surface area contributed by atoms with Gasteiger partial charge in [0.05, 0.1) is 11.6 Å². The molecule has 0 bridgehead atoms. The first-order valence-corrected chi connectivity index (χ1v) is 12.1. The summed E-state index contributed by atoms with van der Waals surface area (Å²) in [6.07, 6.45) is 3.28. The zero-order chi connectivity index (χ0) is 25.9. The number of hydrogen-bond acceptors (Lipinski definition) is 6. The Morgan fingerprint density at radius 1 is 1.03 bits per heavy atom. The predicted octanol–water partition coefficient (Wildman–Crippen LogP) is 5.20. The van der Waals surface area contributed by atoms with Crippen LogP contribution in [0.5, 0.6) is 0 Å². The molecule has 1 aliphatic rings. The van der Waals surface area contributed by atoms with Crippen molar-refractivity contribution in [2.45, 2.75) is 52.4 Å². The summed E-state index contributed by atoms with van der Waals surface area (Å²) < 4.78 is 5.33. The molecule has 2 aromatic carbocycles. The molecule has 0 unspecified atom stereocenters. The Morgan fingerprint density at radius 2 is 1.78 bits per heavy atom. The van der Waals surface area contributed by atoms with Gasteiger partial charge in [0.25, 0.3) is 5.91 Å². The number of hydrogen-bond donors (Lipinski definition) is 2. The molecule has 0 spiro atoms. The minimum Gasteiger partial charge on any atom is -0.350 e. The number of aromatic nitrogens is 1. The van der Waals surface area contributed by atoms with Crippen molar-refractivity contribution in [3.63, 3.8) is 0 Å². The fourth-order valence-corrected chi connectivity index (χ4v) is 4.15. The third kappa shape index (κ3) is 5.81. The Labute approximate surface area is 211 Å². The van der Waals surface area contributed by atoms with Gasteiger partial charge < -0.3 is 9.84 Å². The van der Waals surface area contributed by atoms with E-state index in [1.165, 1.54) is 6.42 Å². The lowest BCUT2D eigenvalue weighted by Crippen LogP contribution is -2.44. The molecule has 1 aliphatic heterocycles. The first kappa shape index (κ1) is 25.1. The van der Waals surface area contributed by atoms with Gasteiger partial charge in [-0.15, -0.1) is 0 Å². The molecule has 8 nitrogen and oxygen atoms in total. The molecule has 1 saturated heterocycles. The lowest BCUT2D eigenvalue weighted by molar-refractivity contribution is 0.0712. The monoisotopic (exact) mass is 485 g/mol. The van der Waals surface area contributed by atoms with E-state index in [1.54, 1.807) is 24.3 Å². The van der Waals surface area contributed by atoms with Gasteiger partial charge in [-0.1, -0.05) is 38.4 Å². The number of carbonyl (C=O) groups excluding carboxylic acids is 2. The van der Waals surface area contributed by atoms with E-state index in [0.717, 1.165) is 42.6 Å². The van der Waals surface area contributed by atoms with Gasteiger partial charge in [-0.05, 0) is 66.6 Å². The van der Waals surface area contributed by atoms with Crippen LogP contribution in [0, 0.1) is 18.3 Å². The van der Waals surface area contributed by atoms with Crippen molar-refractivity contribution >= 4 is 17.5 Å². The Kier molecular flexibility index (Phi) is 7.22. The van der Waals surface area contributed by atoms with E-state index in [-0.39, 0.29) is 23.0 Å². The molecular weight excluding hydrogens is 454 g/mol. The largest absolute Gasteiger partial charge is 0.350 e. The van der Waals surface area contributed by atoms with Crippen molar-refractivity contribution in [2.75, 3.05) is 18.4 Å². The van der Waals surface area contributed by atoms with Gasteiger partial charge in [0.1, 0.15) is 5.69 Å². The third-order valence-corrected chi connectivity index (χ3v) is 6.31. The normalized spacial score (nSPS) is 14.2. The number of rotatable bonds is 5. The van der Waals surface area contributed by atoms with Gasteiger partial charge >= 0.3 is 5.91 Å². The Bertz CT molecular complexity index is 1320. The third-order valence-electron chi connectivity index (χ3n) is 6.31. The minimum atomic E-state index is -0.329. The number of hydrazine groups is 1. The van der Waals surface area contributed by atoms with Crippen LogP contribution in [0.1, 0.15) is 77.6 Å². The molecule has 0 saturated carbocycles. The number of anilines is 1. The van der Waals surface area contributed by atoms with Crippen molar-refractivity contribution in [1.82, 2.24) is 15.6 Å². The quantitative estimate of drug-likeness (QED) is 0.514. The number of amides is 2. The number of carbonyl (C=O) groups is 2. The van der Waals surface area contributed by atoms with E-state index in [4.69, 9.17) is 4.52 Å². The second kappa shape index (κ2) is 10.3. The van der Waals surface area contributed by atoms with Gasteiger partial charge in [0.15, 0.2) is 0 Å². The average Bonchev–Trinajstić information content (AvgIpc) is 3.35. The summed E-state index contributed by atoms with van der Waals surface area (Å²) in [7, 11) is 0. The number of benzene rings is 2. The van der Waals surface area contributed by atoms with E-state index >= 15 is 0 Å². The molecule has 0 atom stereocenters. The van der Waals surface area contributed by atoms with Crippen LogP contribution in [0.2, 0.25) is 0 Å². The highest BCUT2D eigenvalue weighted by atomic mass is 16.5. The van der Waals surface area contributed by atoms with Gasteiger partial charge in [-0.2, -0.15) is 5.26 Å². The zero-order valence-electron chi connectivity index (χ0n) is 21.1. The molecule has 36 heavy (non-hydrogen) atoms. The van der Waals surface area contributed by atoms with Crippen LogP contribution >= 0.6 is 0 Å². The smallest absolute Gasteiger partial charge is 0.304 e. The lowest BCUT2D eigenvalue weighted by atomic mass is 9.85. The van der Waals surface area contributed by atoms with Crippen molar-refractivity contribution in [1.29, 1.82) is 5.26 Å². The molecule has 3 aromatic rings. The van der Waals surface area contributed by atoms with E-state index in [9.17, 15) is 14.9 Å². The van der Waals surface area contributed by atoms with Gasteiger partial charge in [-0.25, -0.2) is 5.01 Å². The van der Waals surface area contributed by atoms with E-state index in [0.29, 0.717) is 22.5 Å². The van der Waals surface area contributed by atoms with Crippen molar-refractivity contribution in [3.05, 3.63) is 70.5 Å². The van der Waals surface area contributed by atoms with Crippen LogP contribution in [0.25, 0.3) is 11.3 Å². The predicted molar refractivity (Wildman–Crippen MR) is 137 cm³/mol. The second-order valence-electron chi connectivity index (χ2n) is 10.2. The maximum atomic E-state index is 13.1. The van der Waals surface area contributed by atoms with E-state index in [1.807, 2.05) is 50.9 Å². The zero-order valence-corrected chi connectivity index (χ0v) is 21.1. The van der Waals surface area contributed by atoms with Crippen LogP contribution in [-0.4, -0.2) is 35.1 Å². The van der Waals surface area contributed by atoms with Crippen LogP contribution in [0.15, 0.2) is 47.0 Å². The summed E-state index contributed by atoms with van der Waals surface area (Å²) in [5.41, 5.74) is 7.19. The fraction of sp³-hybridized carbons (Fsp3) is 0.357. The van der Waals surface area contributed by atoms with Gasteiger partial charge in [-0.3, -0.25) is 15.0 Å². The highest BCUT2D eigenvalue weighted by Gasteiger charge is 2.20. The first-order chi connectivity index (χ1) is 17.1. The Morgan fingerprint density at radius 3 is 2.47 bits per heavy atom. The molecule has 1 fully saturated rings. The molecule has 1 aromatic heterocycles. The van der Waals surface area contributed by atoms with Gasteiger partial charge in [0, 0.05) is 36.0 Å². The number of piperidine rings is 1. The second-order valence-corrected chi connectivity index (χ2v) is 10.2. The van der Waals surface area contributed by atoms with Crippen LogP contribution < -0.4 is 10.7 Å². The Hall–Kier alpha value is -3.96. The molecule has 0 aliphatic carbocycles. The standard InChI is InChI=1S/C28H31N5O3/c1-18-8-9-22(30-26(34)20-12-19(17-29)13-21(14-20)28(2,3)4)15-23(18)24-16-25(36-32-24)27(35)31-33-10-6-5-7-11-33/h8-9,12-16H,5-7,10-11H2,1-4H3,(H,30,34)(H,31,35). The highest BCUT2D eigenvalue weighted by molar-refractivity contribution is 6.05. The first-order valence-electron chi connectivity index (χ1n) is 12.1. The Balaban J connectivity index is 1.53. The minimum absolute atomic E-state index is 0.132. The summed E-state index contributed by atoms with van der Waals surface area (Å²) >= 11 is 0. The topological polar surface area (TPSA) is 111 Å². The van der Waals surface area contributed by atoms with Gasteiger partial charge in [0.2, 0.25) is 5.76 Å². The molecule has 2 N–H and O–H groups in total. The molecule has 8 heteroatoms. The summed E-state index contributed by atoms with van der Waals surface area (Å²) in [4.78, 5) is 25.7. The van der Waals surface area contributed by atoms with Crippen LogP contribution in [0.4, 0.5) is 5.69 Å². The van der Waals surface area contributed by atoms with Crippen molar-refractivity contribution in [3.8, 4) is 17.3 Å². The average molecular weight is 486 g/mol. The molecule has 4 rings (SSSR count). The summed E-state index contributed by atoms with van der Waals surface area (Å²) in [6, 6.07) is 14.4. The lowest BCUT2D eigenvalue weighted by Gasteiger charge is -2.26. The SMILES string of the molecule is Cc1ccc(NC(=O)c2cc(C#N)cc(C(C)(C)C)c2)cc1-c1cc(C(=O)NN2CCCCC2)on1. The van der Waals surface area contributed by atoms with Crippen molar-refractivity contribution < 1.29 is 14.1 Å². The summed E-state index contributed by atoms with van der Waals surface area (Å²) in [5.74, 6) is -0.508. The maximum absolute atomic E-state index is 13.1. The van der Waals surface area contributed by atoms with Crippen LogP contribution in [0.3, 0.4) is 0 Å². The number of nitriles is 1.